The van der Waals surface area contributed by atoms with Crippen molar-refractivity contribution < 1.29 is 4.39 Å². The molecule has 0 atom stereocenters. The Morgan fingerprint density at radius 2 is 2.20 bits per heavy atom. The predicted octanol–water partition coefficient (Wildman–Crippen LogP) is 2.53. The number of hydrogen-bond acceptors (Lipinski definition) is 3. The van der Waals surface area contributed by atoms with E-state index in [4.69, 9.17) is 0 Å². The van der Waals surface area contributed by atoms with Crippen LogP contribution in [0, 0.1) is 18.4 Å². The summed E-state index contributed by atoms with van der Waals surface area (Å²) in [4.78, 5) is 7.31. The van der Waals surface area contributed by atoms with E-state index in [0.29, 0.717) is 16.9 Å². The Morgan fingerprint density at radius 3 is 2.73 bits per heavy atom. The summed E-state index contributed by atoms with van der Waals surface area (Å²) in [7, 11) is 0. The van der Waals surface area contributed by atoms with Crippen molar-refractivity contribution in [1.82, 2.24) is 9.97 Å². The molecule has 1 N–H and O–H groups in total. The van der Waals surface area contributed by atoms with Gasteiger partial charge in [0, 0.05) is 18.3 Å². The van der Waals surface area contributed by atoms with Crippen LogP contribution in [-0.2, 0) is 0 Å². The number of nitrogens with one attached hydrogen (secondary N) is 1. The maximum atomic E-state index is 12.9. The lowest BCUT2D eigenvalue weighted by Gasteiger charge is -2.13. The van der Waals surface area contributed by atoms with E-state index in [1.165, 1.54) is 19.3 Å². The molecule has 1 aromatic heterocycles. The van der Waals surface area contributed by atoms with Gasteiger partial charge < -0.3 is 5.32 Å². The minimum absolute atomic E-state index is 0.440. The zero-order valence-corrected chi connectivity index (χ0v) is 9.18. The van der Waals surface area contributed by atoms with Gasteiger partial charge in [0.15, 0.2) is 0 Å². The smallest absolute Gasteiger partial charge is 0.310 e. The third-order valence-electron chi connectivity index (χ3n) is 3.18. The highest BCUT2D eigenvalue weighted by Gasteiger charge is 2.40. The van der Waals surface area contributed by atoms with Crippen LogP contribution in [0.15, 0.2) is 6.07 Å². The van der Waals surface area contributed by atoms with Gasteiger partial charge in [0.25, 0.3) is 0 Å². The van der Waals surface area contributed by atoms with Crippen molar-refractivity contribution in [3.63, 3.8) is 0 Å². The monoisotopic (exact) mass is 209 g/mol. The molecule has 1 aromatic rings. The van der Waals surface area contributed by atoms with E-state index in [0.717, 1.165) is 6.54 Å². The number of aromatic nitrogens is 2. The Hall–Kier alpha value is -1.19. The second-order valence-electron chi connectivity index (χ2n) is 4.37. The van der Waals surface area contributed by atoms with Crippen LogP contribution in [0.1, 0.15) is 31.9 Å². The van der Waals surface area contributed by atoms with Gasteiger partial charge in [-0.05, 0) is 31.6 Å². The van der Waals surface area contributed by atoms with Crippen LogP contribution in [0.4, 0.5) is 10.2 Å². The van der Waals surface area contributed by atoms with E-state index < -0.39 is 6.08 Å². The van der Waals surface area contributed by atoms with E-state index in [1.54, 1.807) is 13.0 Å². The number of hydrogen-bond donors (Lipinski definition) is 1. The van der Waals surface area contributed by atoms with Gasteiger partial charge in [-0.3, -0.25) is 0 Å². The molecule has 0 unspecified atom stereocenters. The summed E-state index contributed by atoms with van der Waals surface area (Å²) in [6.07, 6.45) is 3.05. The molecule has 0 amide bonds. The molecular formula is C11H16FN3. The van der Waals surface area contributed by atoms with Gasteiger partial charge in [-0.15, -0.1) is 0 Å². The molecular weight excluding hydrogens is 193 g/mol. The summed E-state index contributed by atoms with van der Waals surface area (Å²) in [6, 6.07) is 1.77. The summed E-state index contributed by atoms with van der Waals surface area (Å²) in [5.41, 5.74) is 1.10. The molecule has 0 aromatic carbocycles. The second kappa shape index (κ2) is 3.76. The van der Waals surface area contributed by atoms with E-state index in [9.17, 15) is 4.39 Å². The van der Waals surface area contributed by atoms with Crippen LogP contribution < -0.4 is 5.32 Å². The van der Waals surface area contributed by atoms with Crippen molar-refractivity contribution in [3.05, 3.63) is 17.8 Å². The van der Waals surface area contributed by atoms with Crippen LogP contribution in [0.2, 0.25) is 0 Å². The predicted molar refractivity (Wildman–Crippen MR) is 57.2 cm³/mol. The fourth-order valence-corrected chi connectivity index (χ4v) is 1.73. The van der Waals surface area contributed by atoms with Gasteiger partial charge in [0.2, 0.25) is 0 Å². The lowest BCUT2D eigenvalue weighted by molar-refractivity contribution is 0.514. The molecule has 1 fully saturated rings. The standard InChI is InChI=1S/C11H16FN3/c1-3-11(4-5-11)7-13-9-6-8(2)14-10(12)15-9/h6H,3-5,7H2,1-2H3,(H,13,14,15). The minimum Gasteiger partial charge on any atom is -0.369 e. The van der Waals surface area contributed by atoms with E-state index in [-0.39, 0.29) is 0 Å². The molecule has 1 aliphatic rings. The van der Waals surface area contributed by atoms with Crippen LogP contribution in [-0.4, -0.2) is 16.5 Å². The molecule has 0 radical (unpaired) electrons. The average molecular weight is 209 g/mol. The third kappa shape index (κ3) is 2.43. The first kappa shape index (κ1) is 10.3. The summed E-state index contributed by atoms with van der Waals surface area (Å²) in [6.45, 7) is 4.85. The van der Waals surface area contributed by atoms with Crippen molar-refractivity contribution in [1.29, 1.82) is 0 Å². The Kier molecular flexibility index (Phi) is 2.59. The first-order chi connectivity index (χ1) is 7.13. The highest BCUT2D eigenvalue weighted by molar-refractivity contribution is 5.35. The quantitative estimate of drug-likeness (QED) is 0.774. The van der Waals surface area contributed by atoms with Crippen molar-refractivity contribution in [2.45, 2.75) is 33.1 Å². The van der Waals surface area contributed by atoms with Crippen LogP contribution in [0.5, 0.6) is 0 Å². The molecule has 1 saturated carbocycles. The molecule has 1 aliphatic carbocycles. The van der Waals surface area contributed by atoms with E-state index in [1.807, 2.05) is 0 Å². The second-order valence-corrected chi connectivity index (χ2v) is 4.37. The first-order valence-electron chi connectivity index (χ1n) is 5.39. The highest BCUT2D eigenvalue weighted by Crippen LogP contribution is 2.48. The Bertz CT molecular complexity index is 341. The zero-order valence-electron chi connectivity index (χ0n) is 9.18. The third-order valence-corrected chi connectivity index (χ3v) is 3.18. The highest BCUT2D eigenvalue weighted by atomic mass is 19.1. The molecule has 3 nitrogen and oxygen atoms in total. The van der Waals surface area contributed by atoms with Gasteiger partial charge in [-0.2, -0.15) is 9.37 Å². The molecule has 2 rings (SSSR count). The zero-order chi connectivity index (χ0) is 10.9. The van der Waals surface area contributed by atoms with Gasteiger partial charge >= 0.3 is 6.08 Å². The molecule has 0 aliphatic heterocycles. The van der Waals surface area contributed by atoms with Gasteiger partial charge in [0.1, 0.15) is 5.82 Å². The SMILES string of the molecule is CCC1(CNc2cc(C)nc(F)n2)CC1. The normalized spacial score (nSPS) is 17.5. The van der Waals surface area contributed by atoms with Crippen molar-refractivity contribution in [3.8, 4) is 0 Å². The molecule has 0 bridgehead atoms. The number of anilines is 1. The van der Waals surface area contributed by atoms with Crippen LogP contribution in [0.3, 0.4) is 0 Å². The fourth-order valence-electron chi connectivity index (χ4n) is 1.73. The lowest BCUT2D eigenvalue weighted by Crippen LogP contribution is -2.15. The number of aryl methyl sites for hydroxylation is 1. The van der Waals surface area contributed by atoms with Crippen molar-refractivity contribution in [2.75, 3.05) is 11.9 Å². The van der Waals surface area contributed by atoms with Crippen molar-refractivity contribution >= 4 is 5.82 Å². The van der Waals surface area contributed by atoms with Gasteiger partial charge in [-0.25, -0.2) is 4.98 Å². The summed E-state index contributed by atoms with van der Waals surface area (Å²) < 4.78 is 12.9. The maximum Gasteiger partial charge on any atom is 0.310 e. The Labute approximate surface area is 89.1 Å². The van der Waals surface area contributed by atoms with Crippen LogP contribution in [0.25, 0.3) is 0 Å². The molecule has 82 valence electrons. The van der Waals surface area contributed by atoms with Gasteiger partial charge in [0.05, 0.1) is 0 Å². The molecule has 0 spiro atoms. The average Bonchev–Trinajstić information content (AvgIpc) is 2.94. The first-order valence-corrected chi connectivity index (χ1v) is 5.39. The summed E-state index contributed by atoms with van der Waals surface area (Å²) >= 11 is 0. The van der Waals surface area contributed by atoms with Gasteiger partial charge in [-0.1, -0.05) is 6.92 Å². The summed E-state index contributed by atoms with van der Waals surface area (Å²) in [5.74, 6) is 0.597. The Balaban J connectivity index is 1.99. The summed E-state index contributed by atoms with van der Waals surface area (Å²) in [5, 5.41) is 3.19. The molecule has 0 saturated heterocycles. The van der Waals surface area contributed by atoms with E-state index >= 15 is 0 Å². The molecule has 15 heavy (non-hydrogen) atoms. The number of nitrogens with zero attached hydrogens (tertiary/aromatic N) is 2. The largest absolute Gasteiger partial charge is 0.369 e. The van der Waals surface area contributed by atoms with Crippen LogP contribution >= 0.6 is 0 Å². The molecule has 4 heteroatoms. The lowest BCUT2D eigenvalue weighted by atomic mass is 10.0. The Morgan fingerprint density at radius 1 is 1.47 bits per heavy atom. The molecule has 1 heterocycles. The fraction of sp³-hybridized carbons (Fsp3) is 0.636. The van der Waals surface area contributed by atoms with Crippen molar-refractivity contribution in [2.24, 2.45) is 5.41 Å². The topological polar surface area (TPSA) is 37.8 Å². The minimum atomic E-state index is -0.654. The van der Waals surface area contributed by atoms with E-state index in [2.05, 4.69) is 22.2 Å². The number of halogens is 1. The number of rotatable bonds is 4. The maximum absolute atomic E-state index is 12.9.